The molecule has 3 N–H and O–H groups in total. The lowest BCUT2D eigenvalue weighted by Gasteiger charge is -2.31. The van der Waals surface area contributed by atoms with Crippen LogP contribution in [0.5, 0.6) is 0 Å². The summed E-state index contributed by atoms with van der Waals surface area (Å²) in [5, 5.41) is 24.6. The first-order valence-corrected chi connectivity index (χ1v) is 12.5. The van der Waals surface area contributed by atoms with E-state index in [1.165, 1.54) is 0 Å². The molecule has 4 aromatic rings. The Balaban J connectivity index is 1.48. The first-order valence-electron chi connectivity index (χ1n) is 12.5. The van der Waals surface area contributed by atoms with Gasteiger partial charge in [0.25, 0.3) is 11.8 Å². The molecule has 4 heterocycles. The number of amides is 1. The summed E-state index contributed by atoms with van der Waals surface area (Å²) in [6, 6.07) is 12.7. The number of aryl methyl sites for hydroxylation is 1. The number of aliphatic hydroxyl groups excluding tert-OH is 1. The molecule has 0 fully saturated rings. The third-order valence-corrected chi connectivity index (χ3v) is 6.55. The molecule has 1 amide bonds. The van der Waals surface area contributed by atoms with Gasteiger partial charge in [0.2, 0.25) is 11.8 Å². The molecule has 11 nitrogen and oxygen atoms in total. The van der Waals surface area contributed by atoms with Crippen molar-refractivity contribution < 1.29 is 14.3 Å². The highest BCUT2D eigenvalue weighted by Crippen LogP contribution is 2.38. The standard InChI is InChI=1S/C27H30N8O3/c1-5-13-35-25(37)18-11-12-21(30-22(18)27(35,3)4)31-26-28-14-19(24-34-33-16(2)38-24)23(32-26)29-20(15-36)17-9-7-6-8-10-17/h6-12,14,20,36H,5,13,15H2,1-4H3,(H2,28,29,30,31,32)/t20-/m1/s1. The van der Waals surface area contributed by atoms with Crippen molar-refractivity contribution in [3.05, 3.63) is 71.4 Å². The van der Waals surface area contributed by atoms with Crippen molar-refractivity contribution in [2.24, 2.45) is 0 Å². The number of fused-ring (bicyclic) bond motifs is 1. The van der Waals surface area contributed by atoms with Gasteiger partial charge in [-0.05, 0) is 38.0 Å². The Labute approximate surface area is 220 Å². The zero-order valence-electron chi connectivity index (χ0n) is 21.8. The molecular formula is C27H30N8O3. The number of rotatable bonds is 9. The lowest BCUT2D eigenvalue weighted by atomic mass is 9.99. The number of benzene rings is 1. The molecule has 196 valence electrons. The third kappa shape index (κ3) is 4.68. The minimum atomic E-state index is -0.530. The van der Waals surface area contributed by atoms with Crippen LogP contribution in [0.15, 0.2) is 53.1 Å². The van der Waals surface area contributed by atoms with Crippen molar-refractivity contribution in [1.29, 1.82) is 0 Å². The molecular weight excluding hydrogens is 484 g/mol. The molecule has 0 spiro atoms. The third-order valence-electron chi connectivity index (χ3n) is 6.55. The molecule has 11 heteroatoms. The van der Waals surface area contributed by atoms with Crippen LogP contribution < -0.4 is 10.6 Å². The number of aliphatic hydroxyl groups is 1. The van der Waals surface area contributed by atoms with Gasteiger partial charge in [0.05, 0.1) is 35.0 Å². The maximum atomic E-state index is 12.9. The molecule has 1 atom stereocenters. The van der Waals surface area contributed by atoms with Crippen LogP contribution in [0.2, 0.25) is 0 Å². The Morgan fingerprint density at radius 2 is 1.87 bits per heavy atom. The van der Waals surface area contributed by atoms with Crippen molar-refractivity contribution in [2.45, 2.75) is 45.7 Å². The highest BCUT2D eigenvalue weighted by Gasteiger charge is 2.43. The highest BCUT2D eigenvalue weighted by atomic mass is 16.4. The van der Waals surface area contributed by atoms with Gasteiger partial charge >= 0.3 is 0 Å². The number of anilines is 3. The number of carbonyl (C=O) groups is 1. The van der Waals surface area contributed by atoms with Crippen molar-refractivity contribution >= 4 is 23.5 Å². The summed E-state index contributed by atoms with van der Waals surface area (Å²) in [6.07, 6.45) is 2.44. The topological polar surface area (TPSA) is 142 Å². The smallest absolute Gasteiger partial charge is 0.256 e. The number of hydrogen-bond donors (Lipinski definition) is 3. The Hall–Kier alpha value is -4.38. The number of pyridine rings is 1. The highest BCUT2D eigenvalue weighted by molar-refractivity contribution is 5.99. The first kappa shape index (κ1) is 25.3. The molecule has 0 saturated heterocycles. The summed E-state index contributed by atoms with van der Waals surface area (Å²) >= 11 is 0. The van der Waals surface area contributed by atoms with Crippen LogP contribution in [-0.4, -0.2) is 54.2 Å². The molecule has 0 bridgehead atoms. The molecule has 1 aliphatic rings. The van der Waals surface area contributed by atoms with E-state index in [1.807, 2.05) is 56.0 Å². The molecule has 0 unspecified atom stereocenters. The Morgan fingerprint density at radius 3 is 2.55 bits per heavy atom. The Bertz CT molecular complexity index is 1450. The second kappa shape index (κ2) is 10.2. The number of hydrogen-bond acceptors (Lipinski definition) is 10. The van der Waals surface area contributed by atoms with Crippen molar-refractivity contribution in [2.75, 3.05) is 23.8 Å². The van der Waals surface area contributed by atoms with Gasteiger partial charge in [-0.1, -0.05) is 37.3 Å². The van der Waals surface area contributed by atoms with Crippen molar-refractivity contribution in [3.8, 4) is 11.5 Å². The molecule has 1 aromatic carbocycles. The van der Waals surface area contributed by atoms with Crippen molar-refractivity contribution in [1.82, 2.24) is 30.0 Å². The summed E-state index contributed by atoms with van der Waals surface area (Å²) < 4.78 is 5.63. The zero-order chi connectivity index (χ0) is 26.9. The summed E-state index contributed by atoms with van der Waals surface area (Å²) in [4.78, 5) is 28.7. The summed E-state index contributed by atoms with van der Waals surface area (Å²) in [7, 11) is 0. The predicted molar refractivity (Wildman–Crippen MR) is 142 cm³/mol. The number of nitrogens with zero attached hydrogens (tertiary/aromatic N) is 6. The van der Waals surface area contributed by atoms with E-state index in [4.69, 9.17) is 9.40 Å². The van der Waals surface area contributed by atoms with Gasteiger partial charge in [0, 0.05) is 19.7 Å². The lowest BCUT2D eigenvalue weighted by molar-refractivity contribution is 0.0615. The molecule has 3 aromatic heterocycles. The van der Waals surface area contributed by atoms with Crippen LogP contribution in [0.1, 0.15) is 60.7 Å². The monoisotopic (exact) mass is 514 g/mol. The van der Waals surface area contributed by atoms with Crippen LogP contribution in [0, 0.1) is 6.92 Å². The van der Waals surface area contributed by atoms with Crippen LogP contribution in [0.3, 0.4) is 0 Å². The van der Waals surface area contributed by atoms with Gasteiger partial charge in [-0.3, -0.25) is 4.79 Å². The molecule has 0 saturated carbocycles. The normalized spacial score (nSPS) is 14.9. The fraction of sp³-hybridized carbons (Fsp3) is 0.333. The molecule has 5 rings (SSSR count). The second-order valence-electron chi connectivity index (χ2n) is 9.61. The number of aromatic nitrogens is 5. The predicted octanol–water partition coefficient (Wildman–Crippen LogP) is 4.22. The fourth-order valence-corrected chi connectivity index (χ4v) is 4.61. The van der Waals surface area contributed by atoms with E-state index >= 15 is 0 Å². The van der Waals surface area contributed by atoms with Crippen LogP contribution >= 0.6 is 0 Å². The number of carbonyl (C=O) groups excluding carboxylic acids is 1. The maximum absolute atomic E-state index is 12.9. The van der Waals surface area contributed by atoms with Gasteiger partial charge < -0.3 is 25.1 Å². The van der Waals surface area contributed by atoms with E-state index in [1.54, 1.807) is 25.3 Å². The Kier molecular flexibility index (Phi) is 6.77. The van der Waals surface area contributed by atoms with Gasteiger partial charge in [0.15, 0.2) is 0 Å². The fourth-order valence-electron chi connectivity index (χ4n) is 4.61. The van der Waals surface area contributed by atoms with Gasteiger partial charge in [-0.15, -0.1) is 10.2 Å². The Morgan fingerprint density at radius 1 is 1.08 bits per heavy atom. The van der Waals surface area contributed by atoms with E-state index in [9.17, 15) is 9.90 Å². The van der Waals surface area contributed by atoms with E-state index in [0.717, 1.165) is 12.0 Å². The average molecular weight is 515 g/mol. The van der Waals surface area contributed by atoms with Gasteiger partial charge in [0.1, 0.15) is 11.6 Å². The molecule has 38 heavy (non-hydrogen) atoms. The van der Waals surface area contributed by atoms with Crippen LogP contribution in [0.25, 0.3) is 11.5 Å². The second-order valence-corrected chi connectivity index (χ2v) is 9.61. The van der Waals surface area contributed by atoms with E-state index in [-0.39, 0.29) is 24.4 Å². The molecule has 1 aliphatic heterocycles. The average Bonchev–Trinajstić information content (AvgIpc) is 3.43. The largest absolute Gasteiger partial charge is 0.421 e. The SMILES string of the molecule is CCCN1C(=O)c2ccc(Nc3ncc(-c4nnc(C)o4)c(N[C@H](CO)c4ccccc4)n3)nc2C1(C)C. The van der Waals surface area contributed by atoms with E-state index in [2.05, 4.69) is 30.8 Å². The first-order chi connectivity index (χ1) is 18.3. The van der Waals surface area contributed by atoms with Crippen LogP contribution in [-0.2, 0) is 5.54 Å². The summed E-state index contributed by atoms with van der Waals surface area (Å²) in [5.74, 6) is 1.85. The van der Waals surface area contributed by atoms with Crippen molar-refractivity contribution in [3.63, 3.8) is 0 Å². The summed E-state index contributed by atoms with van der Waals surface area (Å²) in [6.45, 7) is 8.25. The van der Waals surface area contributed by atoms with Crippen LogP contribution in [0.4, 0.5) is 17.6 Å². The molecule has 0 radical (unpaired) electrons. The maximum Gasteiger partial charge on any atom is 0.256 e. The lowest BCUT2D eigenvalue weighted by Crippen LogP contribution is -2.39. The quantitative estimate of drug-likeness (QED) is 0.297. The minimum Gasteiger partial charge on any atom is -0.421 e. The van der Waals surface area contributed by atoms with E-state index < -0.39 is 11.6 Å². The minimum absolute atomic E-state index is 0.0104. The van der Waals surface area contributed by atoms with Gasteiger partial charge in [-0.2, -0.15) is 4.98 Å². The number of nitrogens with one attached hydrogen (secondary N) is 2. The van der Waals surface area contributed by atoms with Gasteiger partial charge in [-0.25, -0.2) is 9.97 Å². The van der Waals surface area contributed by atoms with E-state index in [0.29, 0.717) is 40.9 Å². The summed E-state index contributed by atoms with van der Waals surface area (Å²) in [5.41, 5.74) is 2.17. The molecule has 0 aliphatic carbocycles. The zero-order valence-corrected chi connectivity index (χ0v) is 21.8.